The fraction of sp³-hybridized carbons (Fsp3) is 0. The topological polar surface area (TPSA) is 20.2 Å². The molecule has 0 aliphatic rings. The lowest BCUT2D eigenvalue weighted by molar-refractivity contribution is 0.475. The third-order valence-corrected chi connectivity index (χ3v) is 1.32. The Balaban J connectivity index is 2.81. The Morgan fingerprint density at radius 2 is 1.82 bits per heavy atom. The molecule has 0 aromatic heterocycles. The Bertz CT molecular complexity index is 257. The monoisotopic (exact) mass is 146 g/mol. The van der Waals surface area contributed by atoms with Crippen LogP contribution in [0.15, 0.2) is 43.0 Å². The van der Waals surface area contributed by atoms with E-state index in [-0.39, 0.29) is 0 Å². The number of hydrogen-bond donors (Lipinski definition) is 1. The van der Waals surface area contributed by atoms with Gasteiger partial charge in [0.25, 0.3) is 0 Å². The zero-order chi connectivity index (χ0) is 8.10. The quantitative estimate of drug-likeness (QED) is 0.636. The summed E-state index contributed by atoms with van der Waals surface area (Å²) < 4.78 is 0. The molecule has 56 valence electrons. The second-order valence-electron chi connectivity index (χ2n) is 2.19. The van der Waals surface area contributed by atoms with E-state index in [0.717, 1.165) is 5.56 Å². The molecule has 1 aromatic carbocycles. The van der Waals surface area contributed by atoms with E-state index in [1.165, 1.54) is 0 Å². The third kappa shape index (κ3) is 2.30. The van der Waals surface area contributed by atoms with Gasteiger partial charge in [0.05, 0.1) is 0 Å². The Morgan fingerprint density at radius 1 is 1.18 bits per heavy atom. The van der Waals surface area contributed by atoms with Crippen molar-refractivity contribution in [2.45, 2.75) is 0 Å². The van der Waals surface area contributed by atoms with Gasteiger partial charge in [-0.3, -0.25) is 0 Å². The first kappa shape index (κ1) is 7.61. The van der Waals surface area contributed by atoms with Crippen LogP contribution in [-0.2, 0) is 0 Å². The van der Waals surface area contributed by atoms with Crippen LogP contribution in [0.2, 0.25) is 0 Å². The van der Waals surface area contributed by atoms with Crippen LogP contribution in [0.3, 0.4) is 0 Å². The third-order valence-electron chi connectivity index (χ3n) is 1.32. The second-order valence-corrected chi connectivity index (χ2v) is 2.19. The first-order valence-electron chi connectivity index (χ1n) is 3.41. The lowest BCUT2D eigenvalue weighted by atomic mass is 10.2. The maximum atomic E-state index is 8.94. The minimum Gasteiger partial charge on any atom is -0.508 e. The summed E-state index contributed by atoms with van der Waals surface area (Å²) >= 11 is 0. The standard InChI is InChI=1S/C10H10O/c1-2-3-4-9-5-7-10(11)8-6-9/h2-8,11H,1H2/b4-3-. The Morgan fingerprint density at radius 3 is 2.36 bits per heavy atom. The summed E-state index contributed by atoms with van der Waals surface area (Å²) in [5.41, 5.74) is 1.06. The fourth-order valence-electron chi connectivity index (χ4n) is 0.765. The van der Waals surface area contributed by atoms with Crippen LogP contribution in [0.4, 0.5) is 0 Å². The summed E-state index contributed by atoms with van der Waals surface area (Å²) in [7, 11) is 0. The van der Waals surface area contributed by atoms with Crippen molar-refractivity contribution in [3.05, 3.63) is 48.6 Å². The zero-order valence-corrected chi connectivity index (χ0v) is 6.20. The highest BCUT2D eigenvalue weighted by Gasteiger charge is 1.85. The van der Waals surface area contributed by atoms with Gasteiger partial charge in [-0.1, -0.05) is 36.9 Å². The minimum absolute atomic E-state index is 0.292. The predicted molar refractivity (Wildman–Crippen MR) is 47.3 cm³/mol. The molecule has 1 N–H and O–H groups in total. The summed E-state index contributed by atoms with van der Waals surface area (Å²) in [6, 6.07) is 7.00. The van der Waals surface area contributed by atoms with Crippen LogP contribution in [0.25, 0.3) is 6.08 Å². The molecule has 1 nitrogen and oxygen atoms in total. The average Bonchev–Trinajstić information content (AvgIpc) is 2.04. The van der Waals surface area contributed by atoms with E-state index in [4.69, 9.17) is 5.11 Å². The van der Waals surface area contributed by atoms with Gasteiger partial charge in [-0.05, 0) is 17.7 Å². The Hall–Kier alpha value is -1.50. The number of rotatable bonds is 2. The Kier molecular flexibility index (Phi) is 2.50. The van der Waals surface area contributed by atoms with Gasteiger partial charge in [0.15, 0.2) is 0 Å². The van der Waals surface area contributed by atoms with Crippen molar-refractivity contribution in [3.63, 3.8) is 0 Å². The van der Waals surface area contributed by atoms with Crippen molar-refractivity contribution in [1.82, 2.24) is 0 Å². The zero-order valence-electron chi connectivity index (χ0n) is 6.20. The van der Waals surface area contributed by atoms with Crippen LogP contribution in [0, 0.1) is 0 Å². The molecule has 0 saturated carbocycles. The molecule has 0 unspecified atom stereocenters. The predicted octanol–water partition coefficient (Wildman–Crippen LogP) is 2.59. The van der Waals surface area contributed by atoms with E-state index in [1.54, 1.807) is 18.2 Å². The maximum Gasteiger partial charge on any atom is 0.115 e. The molecule has 1 heteroatoms. The summed E-state index contributed by atoms with van der Waals surface area (Å²) in [5, 5.41) is 8.94. The van der Waals surface area contributed by atoms with Crippen molar-refractivity contribution < 1.29 is 5.11 Å². The highest BCUT2D eigenvalue weighted by molar-refractivity contribution is 5.51. The largest absolute Gasteiger partial charge is 0.508 e. The molecule has 0 aliphatic carbocycles. The number of benzene rings is 1. The first-order chi connectivity index (χ1) is 5.33. The van der Waals surface area contributed by atoms with E-state index in [9.17, 15) is 0 Å². The van der Waals surface area contributed by atoms with Crippen LogP contribution in [0.5, 0.6) is 5.75 Å². The Labute approximate surface area is 66.3 Å². The van der Waals surface area contributed by atoms with E-state index in [1.807, 2.05) is 24.3 Å². The van der Waals surface area contributed by atoms with E-state index in [2.05, 4.69) is 6.58 Å². The van der Waals surface area contributed by atoms with Crippen LogP contribution < -0.4 is 0 Å². The van der Waals surface area contributed by atoms with Crippen LogP contribution >= 0.6 is 0 Å². The van der Waals surface area contributed by atoms with Gasteiger partial charge < -0.3 is 5.11 Å². The van der Waals surface area contributed by atoms with Gasteiger partial charge in [-0.25, -0.2) is 0 Å². The molecule has 0 spiro atoms. The summed E-state index contributed by atoms with van der Waals surface area (Å²) in [5.74, 6) is 0.292. The molecule has 0 radical (unpaired) electrons. The minimum atomic E-state index is 0.292. The molecule has 0 saturated heterocycles. The van der Waals surface area contributed by atoms with Crippen LogP contribution in [-0.4, -0.2) is 5.11 Å². The molecular weight excluding hydrogens is 136 g/mol. The van der Waals surface area contributed by atoms with Crippen molar-refractivity contribution in [2.75, 3.05) is 0 Å². The molecule has 0 heterocycles. The number of hydrogen-bond acceptors (Lipinski definition) is 1. The normalized spacial score (nSPS) is 10.2. The van der Waals surface area contributed by atoms with Crippen molar-refractivity contribution in [3.8, 4) is 5.75 Å². The van der Waals surface area contributed by atoms with Crippen LogP contribution in [0.1, 0.15) is 5.56 Å². The molecule has 1 aromatic rings. The molecule has 0 amide bonds. The van der Waals surface area contributed by atoms with Crippen molar-refractivity contribution >= 4 is 6.08 Å². The summed E-state index contributed by atoms with van der Waals surface area (Å²) in [6.07, 6.45) is 5.49. The first-order valence-corrected chi connectivity index (χ1v) is 3.41. The van der Waals surface area contributed by atoms with Crippen molar-refractivity contribution in [1.29, 1.82) is 0 Å². The number of aromatic hydroxyl groups is 1. The molecule has 0 aliphatic heterocycles. The van der Waals surface area contributed by atoms with Gasteiger partial charge in [0, 0.05) is 0 Å². The second kappa shape index (κ2) is 3.62. The van der Waals surface area contributed by atoms with Gasteiger partial charge in [0.2, 0.25) is 0 Å². The lowest BCUT2D eigenvalue weighted by Crippen LogP contribution is -1.68. The van der Waals surface area contributed by atoms with E-state index >= 15 is 0 Å². The highest BCUT2D eigenvalue weighted by atomic mass is 16.3. The molecule has 0 bridgehead atoms. The highest BCUT2D eigenvalue weighted by Crippen LogP contribution is 2.10. The summed E-state index contributed by atoms with van der Waals surface area (Å²) in [4.78, 5) is 0. The number of phenols is 1. The molecule has 0 fully saturated rings. The van der Waals surface area contributed by atoms with E-state index < -0.39 is 0 Å². The molecule has 0 atom stereocenters. The molecule has 11 heavy (non-hydrogen) atoms. The van der Waals surface area contributed by atoms with E-state index in [0.29, 0.717) is 5.75 Å². The SMILES string of the molecule is C=C/C=C\c1ccc(O)cc1. The average molecular weight is 146 g/mol. The summed E-state index contributed by atoms with van der Waals surface area (Å²) in [6.45, 7) is 3.56. The van der Waals surface area contributed by atoms with Gasteiger partial charge in [-0.15, -0.1) is 0 Å². The van der Waals surface area contributed by atoms with Crippen molar-refractivity contribution in [2.24, 2.45) is 0 Å². The smallest absolute Gasteiger partial charge is 0.115 e. The molecular formula is C10H10O. The molecule has 1 rings (SSSR count). The number of phenolic OH excluding ortho intramolecular Hbond substituents is 1. The fourth-order valence-corrected chi connectivity index (χ4v) is 0.765. The number of allylic oxidation sites excluding steroid dienone is 2. The lowest BCUT2D eigenvalue weighted by Gasteiger charge is -1.91. The van der Waals surface area contributed by atoms with Gasteiger partial charge in [-0.2, -0.15) is 0 Å². The van der Waals surface area contributed by atoms with Gasteiger partial charge >= 0.3 is 0 Å². The van der Waals surface area contributed by atoms with Gasteiger partial charge in [0.1, 0.15) is 5.75 Å². The maximum absolute atomic E-state index is 8.94.